The van der Waals surface area contributed by atoms with Crippen molar-refractivity contribution in [2.24, 2.45) is 7.05 Å². The van der Waals surface area contributed by atoms with Crippen molar-refractivity contribution in [3.63, 3.8) is 0 Å². The number of nitrogens with one attached hydrogen (secondary N) is 2. The van der Waals surface area contributed by atoms with Gasteiger partial charge in [-0.1, -0.05) is 0 Å². The normalized spacial score (nSPS) is 15.4. The van der Waals surface area contributed by atoms with Crippen LogP contribution in [0.1, 0.15) is 18.5 Å². The highest BCUT2D eigenvalue weighted by atomic mass is 32.2. The lowest BCUT2D eigenvalue weighted by Gasteiger charge is -2.19. The van der Waals surface area contributed by atoms with E-state index in [0.29, 0.717) is 5.75 Å². The summed E-state index contributed by atoms with van der Waals surface area (Å²) in [6.07, 6.45) is 3.85. The van der Waals surface area contributed by atoms with Crippen molar-refractivity contribution < 1.29 is 4.79 Å². The summed E-state index contributed by atoms with van der Waals surface area (Å²) in [5.41, 5.74) is 3.00. The van der Waals surface area contributed by atoms with E-state index in [1.54, 1.807) is 16.4 Å². The van der Waals surface area contributed by atoms with Gasteiger partial charge >= 0.3 is 0 Å². The first-order valence-electron chi connectivity index (χ1n) is 6.43. The first-order chi connectivity index (χ1) is 9.61. The number of fused-ring (bicyclic) bond motifs is 1. The highest BCUT2D eigenvalue weighted by Gasteiger charge is 2.16. The molecular formula is C14H16N4OS. The first kappa shape index (κ1) is 13.1. The molecule has 1 atom stereocenters. The second-order valence-electron chi connectivity index (χ2n) is 4.86. The zero-order valence-corrected chi connectivity index (χ0v) is 12.2. The van der Waals surface area contributed by atoms with Crippen LogP contribution in [0.4, 0.5) is 11.4 Å². The average molecular weight is 288 g/mol. The monoisotopic (exact) mass is 288 g/mol. The van der Waals surface area contributed by atoms with E-state index in [1.807, 2.05) is 37.6 Å². The zero-order chi connectivity index (χ0) is 14.1. The Morgan fingerprint density at radius 2 is 2.35 bits per heavy atom. The van der Waals surface area contributed by atoms with Gasteiger partial charge in [-0.05, 0) is 25.1 Å². The van der Waals surface area contributed by atoms with Gasteiger partial charge in [0.1, 0.15) is 0 Å². The summed E-state index contributed by atoms with van der Waals surface area (Å²) in [6.45, 7) is 2.09. The summed E-state index contributed by atoms with van der Waals surface area (Å²) in [6, 6.07) is 6.22. The maximum atomic E-state index is 11.4. The zero-order valence-electron chi connectivity index (χ0n) is 11.4. The maximum Gasteiger partial charge on any atom is 0.234 e. The largest absolute Gasteiger partial charge is 0.378 e. The van der Waals surface area contributed by atoms with Crippen LogP contribution < -0.4 is 10.6 Å². The first-order valence-corrected chi connectivity index (χ1v) is 7.42. The Balaban J connectivity index is 1.78. The van der Waals surface area contributed by atoms with Gasteiger partial charge in [0.25, 0.3) is 0 Å². The third-order valence-electron chi connectivity index (χ3n) is 3.22. The van der Waals surface area contributed by atoms with Gasteiger partial charge in [0.2, 0.25) is 5.91 Å². The highest BCUT2D eigenvalue weighted by molar-refractivity contribution is 8.00. The molecule has 1 aliphatic rings. The summed E-state index contributed by atoms with van der Waals surface area (Å²) < 4.78 is 1.79. The van der Waals surface area contributed by atoms with Crippen LogP contribution in [0.25, 0.3) is 0 Å². The quantitative estimate of drug-likeness (QED) is 0.911. The molecule has 6 heteroatoms. The van der Waals surface area contributed by atoms with Gasteiger partial charge < -0.3 is 10.6 Å². The van der Waals surface area contributed by atoms with Crippen molar-refractivity contribution in [1.82, 2.24) is 9.78 Å². The van der Waals surface area contributed by atoms with Crippen LogP contribution in [0, 0.1) is 0 Å². The molecule has 2 heterocycles. The van der Waals surface area contributed by atoms with E-state index in [9.17, 15) is 4.79 Å². The lowest BCUT2D eigenvalue weighted by atomic mass is 10.1. The smallest absolute Gasteiger partial charge is 0.234 e. The van der Waals surface area contributed by atoms with Crippen LogP contribution in [0.3, 0.4) is 0 Å². The van der Waals surface area contributed by atoms with E-state index < -0.39 is 0 Å². The average Bonchev–Trinajstić information content (AvgIpc) is 2.85. The Hall–Kier alpha value is -1.95. The number of benzene rings is 1. The molecule has 0 bridgehead atoms. The summed E-state index contributed by atoms with van der Waals surface area (Å²) >= 11 is 1.57. The fourth-order valence-electron chi connectivity index (χ4n) is 2.17. The number of thioether (sulfide) groups is 1. The fraction of sp³-hybridized carbons (Fsp3) is 0.286. The number of hydrogen-bond donors (Lipinski definition) is 2. The van der Waals surface area contributed by atoms with Gasteiger partial charge in [-0.15, -0.1) is 11.8 Å². The van der Waals surface area contributed by atoms with E-state index >= 15 is 0 Å². The maximum absolute atomic E-state index is 11.4. The Morgan fingerprint density at radius 1 is 1.50 bits per heavy atom. The Bertz CT molecular complexity index is 652. The summed E-state index contributed by atoms with van der Waals surface area (Å²) in [5, 5.41) is 10.5. The molecule has 2 aromatic rings. The van der Waals surface area contributed by atoms with Crippen molar-refractivity contribution >= 4 is 29.0 Å². The lowest BCUT2D eigenvalue weighted by molar-refractivity contribution is -0.113. The Labute approximate surface area is 121 Å². The fourth-order valence-corrected chi connectivity index (χ4v) is 2.96. The minimum absolute atomic E-state index is 0.0555. The van der Waals surface area contributed by atoms with Gasteiger partial charge in [0.15, 0.2) is 0 Å². The second kappa shape index (κ2) is 5.20. The predicted molar refractivity (Wildman–Crippen MR) is 81.0 cm³/mol. The number of amides is 1. The van der Waals surface area contributed by atoms with E-state index in [4.69, 9.17) is 0 Å². The molecular weight excluding hydrogens is 272 g/mol. The lowest BCUT2D eigenvalue weighted by Crippen LogP contribution is -2.18. The molecule has 2 N–H and O–H groups in total. The molecule has 1 aliphatic heterocycles. The molecule has 0 saturated carbocycles. The van der Waals surface area contributed by atoms with E-state index in [2.05, 4.69) is 22.7 Å². The minimum Gasteiger partial charge on any atom is -0.378 e. The molecule has 1 amide bonds. The van der Waals surface area contributed by atoms with Gasteiger partial charge in [-0.2, -0.15) is 5.10 Å². The van der Waals surface area contributed by atoms with Crippen LogP contribution in [-0.4, -0.2) is 21.4 Å². The molecule has 0 radical (unpaired) electrons. The number of anilines is 2. The molecule has 1 aromatic heterocycles. The van der Waals surface area contributed by atoms with Gasteiger partial charge in [-0.3, -0.25) is 9.48 Å². The highest BCUT2D eigenvalue weighted by Crippen LogP contribution is 2.34. The molecule has 1 unspecified atom stereocenters. The number of aromatic nitrogens is 2. The Kier molecular flexibility index (Phi) is 3.40. The van der Waals surface area contributed by atoms with Gasteiger partial charge in [-0.25, -0.2) is 0 Å². The van der Waals surface area contributed by atoms with Crippen molar-refractivity contribution in [2.45, 2.75) is 17.9 Å². The molecule has 0 fully saturated rings. The van der Waals surface area contributed by atoms with Gasteiger partial charge in [0.05, 0.1) is 23.7 Å². The van der Waals surface area contributed by atoms with E-state index in [1.165, 1.54) is 0 Å². The van der Waals surface area contributed by atoms with E-state index in [0.717, 1.165) is 21.8 Å². The molecule has 5 nitrogen and oxygen atoms in total. The Morgan fingerprint density at radius 3 is 3.10 bits per heavy atom. The molecule has 0 saturated heterocycles. The van der Waals surface area contributed by atoms with Crippen molar-refractivity contribution in [3.05, 3.63) is 36.2 Å². The third-order valence-corrected chi connectivity index (χ3v) is 4.29. The van der Waals surface area contributed by atoms with Crippen molar-refractivity contribution in [1.29, 1.82) is 0 Å². The van der Waals surface area contributed by atoms with Gasteiger partial charge in [0, 0.05) is 29.4 Å². The number of carbonyl (C=O) groups is 1. The predicted octanol–water partition coefficient (Wildman–Crippen LogP) is 2.64. The van der Waals surface area contributed by atoms with Crippen LogP contribution >= 0.6 is 11.8 Å². The molecule has 0 spiro atoms. The number of aryl methyl sites for hydroxylation is 1. The summed E-state index contributed by atoms with van der Waals surface area (Å²) in [4.78, 5) is 12.5. The van der Waals surface area contributed by atoms with Crippen LogP contribution in [0.5, 0.6) is 0 Å². The molecule has 104 valence electrons. The summed E-state index contributed by atoms with van der Waals surface area (Å²) in [7, 11) is 1.90. The van der Waals surface area contributed by atoms with Crippen molar-refractivity contribution in [3.8, 4) is 0 Å². The van der Waals surface area contributed by atoms with Crippen molar-refractivity contribution in [2.75, 3.05) is 16.4 Å². The summed E-state index contributed by atoms with van der Waals surface area (Å²) in [5.74, 6) is 0.547. The molecule has 0 aliphatic carbocycles. The molecule has 1 aromatic carbocycles. The topological polar surface area (TPSA) is 58.9 Å². The van der Waals surface area contributed by atoms with Crippen LogP contribution in [0.2, 0.25) is 0 Å². The van der Waals surface area contributed by atoms with Crippen LogP contribution in [-0.2, 0) is 11.8 Å². The second-order valence-corrected chi connectivity index (χ2v) is 5.88. The minimum atomic E-state index is 0.0555. The SMILES string of the molecule is CC(Nc1ccc2c(c1)NC(=O)CS2)c1cnn(C)c1. The molecule has 3 rings (SSSR count). The number of hydrogen-bond acceptors (Lipinski definition) is 4. The third kappa shape index (κ3) is 2.65. The molecule has 20 heavy (non-hydrogen) atoms. The standard InChI is InChI=1S/C14H16N4OS/c1-9(10-6-15-18(2)7-10)16-11-3-4-13-12(5-11)17-14(19)8-20-13/h3-7,9,16H,8H2,1-2H3,(H,17,19). The number of carbonyl (C=O) groups excluding carboxylic acids is 1. The number of nitrogens with zero attached hydrogens (tertiary/aromatic N) is 2. The number of rotatable bonds is 3. The van der Waals surface area contributed by atoms with E-state index in [-0.39, 0.29) is 11.9 Å². The van der Waals surface area contributed by atoms with Crippen LogP contribution in [0.15, 0.2) is 35.5 Å².